The van der Waals surface area contributed by atoms with Crippen molar-refractivity contribution in [3.8, 4) is 0 Å². The number of carboxylic acids is 1. The first-order chi connectivity index (χ1) is 17.5. The molecule has 0 fully saturated rings. The molecule has 0 saturated carbocycles. The van der Waals surface area contributed by atoms with Crippen LogP contribution in [0.25, 0.3) is 0 Å². The van der Waals surface area contributed by atoms with Crippen molar-refractivity contribution < 1.29 is 29.1 Å². The van der Waals surface area contributed by atoms with Gasteiger partial charge in [-0.2, -0.15) is 0 Å². The molecule has 1 aromatic rings. The van der Waals surface area contributed by atoms with Crippen molar-refractivity contribution in [2.45, 2.75) is 76.5 Å². The van der Waals surface area contributed by atoms with E-state index in [0.717, 1.165) is 5.56 Å². The predicted octanol–water partition coefficient (Wildman–Crippen LogP) is -0.854. The molecule has 37 heavy (non-hydrogen) atoms. The molecule has 0 radical (unpaired) electrons. The maximum atomic E-state index is 13.2. The topological polar surface area (TPSA) is 220 Å². The van der Waals surface area contributed by atoms with E-state index in [1.54, 1.807) is 44.2 Å². The highest BCUT2D eigenvalue weighted by molar-refractivity contribution is 5.94. The van der Waals surface area contributed by atoms with Crippen LogP contribution in [0, 0.1) is 5.92 Å². The molecule has 0 aromatic heterocycles. The van der Waals surface area contributed by atoms with E-state index in [1.807, 2.05) is 0 Å². The van der Waals surface area contributed by atoms with Crippen LogP contribution in [0.2, 0.25) is 0 Å². The fraction of sp³-hybridized carbons (Fsp3) is 0.560. The van der Waals surface area contributed by atoms with E-state index in [-0.39, 0.29) is 31.6 Å². The highest BCUT2D eigenvalue weighted by Crippen LogP contribution is 2.08. The number of primary amides is 1. The van der Waals surface area contributed by atoms with Crippen molar-refractivity contribution in [1.82, 2.24) is 16.0 Å². The number of benzene rings is 1. The summed E-state index contributed by atoms with van der Waals surface area (Å²) in [7, 11) is 0. The summed E-state index contributed by atoms with van der Waals surface area (Å²) in [6.45, 7) is 3.89. The molecule has 4 atom stereocenters. The van der Waals surface area contributed by atoms with Crippen LogP contribution in [0.5, 0.6) is 0 Å². The van der Waals surface area contributed by atoms with Crippen LogP contribution in [0.1, 0.15) is 51.5 Å². The number of aliphatic carboxylic acids is 1. The molecule has 0 saturated heterocycles. The summed E-state index contributed by atoms with van der Waals surface area (Å²) >= 11 is 0. The van der Waals surface area contributed by atoms with Crippen molar-refractivity contribution >= 4 is 29.6 Å². The van der Waals surface area contributed by atoms with Gasteiger partial charge in [-0.25, -0.2) is 4.79 Å². The SMILES string of the molecule is CC(C)C(N)C(=O)NC(CCC(N)=O)C(=O)NC(Cc1ccccc1)C(=O)NC(CCCCN)C(=O)O. The molecule has 4 amide bonds. The van der Waals surface area contributed by atoms with Gasteiger partial charge in [0.05, 0.1) is 6.04 Å². The van der Waals surface area contributed by atoms with Crippen molar-refractivity contribution in [1.29, 1.82) is 0 Å². The van der Waals surface area contributed by atoms with E-state index in [4.69, 9.17) is 17.2 Å². The number of amides is 4. The summed E-state index contributed by atoms with van der Waals surface area (Å²) in [6.07, 6.45) is 1.05. The first-order valence-electron chi connectivity index (χ1n) is 12.4. The average molecular weight is 521 g/mol. The van der Waals surface area contributed by atoms with Gasteiger partial charge in [0.15, 0.2) is 0 Å². The van der Waals surface area contributed by atoms with Crippen LogP contribution in [-0.4, -0.2) is 65.4 Å². The largest absolute Gasteiger partial charge is 0.480 e. The summed E-state index contributed by atoms with van der Waals surface area (Å²) in [4.78, 5) is 61.9. The van der Waals surface area contributed by atoms with E-state index in [0.29, 0.717) is 19.4 Å². The summed E-state index contributed by atoms with van der Waals surface area (Å²) in [5.74, 6) is -4.09. The summed E-state index contributed by atoms with van der Waals surface area (Å²) < 4.78 is 0. The molecule has 0 bridgehead atoms. The van der Waals surface area contributed by atoms with Crippen molar-refractivity contribution in [3.63, 3.8) is 0 Å². The van der Waals surface area contributed by atoms with Gasteiger partial charge < -0.3 is 38.3 Å². The fourth-order valence-corrected chi connectivity index (χ4v) is 3.48. The van der Waals surface area contributed by atoms with Gasteiger partial charge in [0.25, 0.3) is 0 Å². The molecular formula is C25H40N6O6. The van der Waals surface area contributed by atoms with Gasteiger partial charge in [0, 0.05) is 12.8 Å². The quantitative estimate of drug-likeness (QED) is 0.128. The monoisotopic (exact) mass is 520 g/mol. The molecule has 12 nitrogen and oxygen atoms in total. The van der Waals surface area contributed by atoms with Crippen LogP contribution in [0.15, 0.2) is 30.3 Å². The first-order valence-corrected chi connectivity index (χ1v) is 12.4. The molecule has 206 valence electrons. The maximum Gasteiger partial charge on any atom is 0.326 e. The smallest absolute Gasteiger partial charge is 0.326 e. The number of carboxylic acid groups (broad SMARTS) is 1. The van der Waals surface area contributed by atoms with E-state index < -0.39 is 53.8 Å². The van der Waals surface area contributed by atoms with Crippen molar-refractivity contribution in [2.24, 2.45) is 23.1 Å². The minimum Gasteiger partial charge on any atom is -0.480 e. The molecule has 1 aromatic carbocycles. The van der Waals surface area contributed by atoms with Crippen molar-refractivity contribution in [3.05, 3.63) is 35.9 Å². The zero-order chi connectivity index (χ0) is 28.0. The Morgan fingerprint density at radius 1 is 0.838 bits per heavy atom. The lowest BCUT2D eigenvalue weighted by atomic mass is 10.0. The fourth-order valence-electron chi connectivity index (χ4n) is 3.48. The highest BCUT2D eigenvalue weighted by Gasteiger charge is 2.31. The Hall–Kier alpha value is -3.51. The molecular weight excluding hydrogens is 480 g/mol. The number of rotatable bonds is 17. The Balaban J connectivity index is 3.12. The standard InChI is InChI=1S/C25H40N6O6/c1-15(2)21(28)24(35)29-17(11-12-20(27)32)22(33)31-19(14-16-8-4-3-5-9-16)23(34)30-18(25(36)37)10-6-7-13-26/h3-5,8-9,15,17-19,21H,6-7,10-14,26,28H2,1-2H3,(H2,27,32)(H,29,35)(H,30,34)(H,31,33)(H,36,37). The third-order valence-corrected chi connectivity index (χ3v) is 5.81. The number of hydrogen-bond acceptors (Lipinski definition) is 7. The summed E-state index contributed by atoms with van der Waals surface area (Å²) in [5, 5.41) is 17.2. The minimum absolute atomic E-state index is 0.0650. The lowest BCUT2D eigenvalue weighted by Gasteiger charge is -2.26. The molecule has 4 unspecified atom stereocenters. The van der Waals surface area contributed by atoms with Gasteiger partial charge in [0.2, 0.25) is 23.6 Å². The Morgan fingerprint density at radius 3 is 1.95 bits per heavy atom. The Bertz CT molecular complexity index is 910. The van der Waals surface area contributed by atoms with Crippen LogP contribution in [-0.2, 0) is 30.4 Å². The predicted molar refractivity (Wildman–Crippen MR) is 138 cm³/mol. The van der Waals surface area contributed by atoms with Crippen LogP contribution < -0.4 is 33.2 Å². The Morgan fingerprint density at radius 2 is 1.41 bits per heavy atom. The number of nitrogens with one attached hydrogen (secondary N) is 3. The van der Waals surface area contributed by atoms with Gasteiger partial charge in [-0.15, -0.1) is 0 Å². The number of hydrogen-bond donors (Lipinski definition) is 7. The zero-order valence-corrected chi connectivity index (χ0v) is 21.4. The lowest BCUT2D eigenvalue weighted by Crippen LogP contribution is -2.58. The molecule has 0 aliphatic rings. The van der Waals surface area contributed by atoms with Crippen LogP contribution in [0.3, 0.4) is 0 Å². The van der Waals surface area contributed by atoms with Gasteiger partial charge in [0.1, 0.15) is 18.1 Å². The number of unbranched alkanes of at least 4 members (excludes halogenated alkanes) is 1. The van der Waals surface area contributed by atoms with E-state index in [9.17, 15) is 29.1 Å². The van der Waals surface area contributed by atoms with Gasteiger partial charge in [-0.3, -0.25) is 19.2 Å². The lowest BCUT2D eigenvalue weighted by molar-refractivity contribution is -0.142. The highest BCUT2D eigenvalue weighted by atomic mass is 16.4. The third-order valence-electron chi connectivity index (χ3n) is 5.81. The average Bonchev–Trinajstić information content (AvgIpc) is 2.85. The molecule has 1 rings (SSSR count). The summed E-state index contributed by atoms with van der Waals surface area (Å²) in [6, 6.07) is 4.45. The normalized spacial score (nSPS) is 14.2. The van der Waals surface area contributed by atoms with E-state index >= 15 is 0 Å². The second kappa shape index (κ2) is 16.3. The van der Waals surface area contributed by atoms with Gasteiger partial charge in [-0.05, 0) is 43.7 Å². The van der Waals surface area contributed by atoms with Crippen LogP contribution in [0.4, 0.5) is 0 Å². The number of carbonyl (C=O) groups is 5. The number of carbonyl (C=O) groups excluding carboxylic acids is 4. The van der Waals surface area contributed by atoms with Gasteiger partial charge in [-0.1, -0.05) is 44.2 Å². The minimum atomic E-state index is -1.20. The molecule has 0 aliphatic heterocycles. The van der Waals surface area contributed by atoms with Gasteiger partial charge >= 0.3 is 5.97 Å². The van der Waals surface area contributed by atoms with E-state index in [2.05, 4.69) is 16.0 Å². The third kappa shape index (κ3) is 11.8. The Kier molecular flexibility index (Phi) is 13.9. The second-order valence-electron chi connectivity index (χ2n) is 9.27. The molecule has 0 heterocycles. The Labute approximate surface area is 217 Å². The summed E-state index contributed by atoms with van der Waals surface area (Å²) in [5.41, 5.74) is 17.3. The molecule has 12 heteroatoms. The van der Waals surface area contributed by atoms with Crippen molar-refractivity contribution in [2.75, 3.05) is 6.54 Å². The molecule has 0 spiro atoms. The van der Waals surface area contributed by atoms with Crippen LogP contribution >= 0.6 is 0 Å². The number of nitrogens with two attached hydrogens (primary N) is 3. The molecule has 0 aliphatic carbocycles. The van der Waals surface area contributed by atoms with E-state index in [1.165, 1.54) is 0 Å². The first kappa shape index (κ1) is 31.5. The second-order valence-corrected chi connectivity index (χ2v) is 9.27. The zero-order valence-electron chi connectivity index (χ0n) is 21.4. The maximum absolute atomic E-state index is 13.2. The molecule has 10 N–H and O–H groups in total.